The van der Waals surface area contributed by atoms with E-state index in [0.29, 0.717) is 6.54 Å². The Balaban J connectivity index is 1.79. The number of nitrogens with zero attached hydrogens (tertiary/aromatic N) is 3. The molecule has 1 atom stereocenters. The molecule has 1 aliphatic heterocycles. The van der Waals surface area contributed by atoms with Crippen LogP contribution >= 0.6 is 0 Å². The monoisotopic (exact) mass is 407 g/mol. The number of ether oxygens (including phenoxy) is 2. The molecule has 2 aromatic carbocycles. The predicted octanol–water partition coefficient (Wildman–Crippen LogP) is 4.41. The van der Waals surface area contributed by atoms with Crippen LogP contribution in [0.2, 0.25) is 0 Å². The molecule has 0 radical (unpaired) electrons. The van der Waals surface area contributed by atoms with E-state index in [1.165, 1.54) is 11.8 Å². The highest BCUT2D eigenvalue weighted by molar-refractivity contribution is 5.46. The molecule has 0 saturated carbocycles. The Morgan fingerprint density at radius 2 is 1.93 bits per heavy atom. The Hall–Kier alpha value is -3.32. The fourth-order valence-corrected chi connectivity index (χ4v) is 4.22. The van der Waals surface area contributed by atoms with Gasteiger partial charge in [-0.25, -0.2) is 0 Å². The molecule has 156 valence electrons. The molecule has 0 aliphatic carbocycles. The summed E-state index contributed by atoms with van der Waals surface area (Å²) in [6.45, 7) is 2.38. The average Bonchev–Trinajstić information content (AvgIpc) is 3.15. The minimum Gasteiger partial charge on any atom is -0.497 e. The van der Waals surface area contributed by atoms with Gasteiger partial charge in [-0.2, -0.15) is 0 Å². The van der Waals surface area contributed by atoms with Crippen molar-refractivity contribution in [1.82, 2.24) is 9.47 Å². The summed E-state index contributed by atoms with van der Waals surface area (Å²) in [6.07, 6.45) is 3.09. The van der Waals surface area contributed by atoms with Crippen LogP contribution in [0.15, 0.2) is 60.8 Å². The van der Waals surface area contributed by atoms with Crippen molar-refractivity contribution in [3.05, 3.63) is 87.7 Å². The van der Waals surface area contributed by atoms with E-state index in [9.17, 15) is 10.1 Å². The van der Waals surface area contributed by atoms with E-state index in [1.54, 1.807) is 26.4 Å². The van der Waals surface area contributed by atoms with E-state index in [0.717, 1.165) is 42.1 Å². The highest BCUT2D eigenvalue weighted by atomic mass is 16.6. The topological polar surface area (TPSA) is 69.8 Å². The molecule has 0 bridgehead atoms. The number of nitro groups is 1. The zero-order valence-corrected chi connectivity index (χ0v) is 17.2. The standard InChI is InChI=1S/C23H25N3O4/c1-29-19-9-10-22(30-2)20(15-19)23-21-8-4-11-24(21)12-5-13-25(23)16-17-6-3-7-18(14-17)26(27)28/h3-4,6-11,14-15,23H,5,12-13,16H2,1-2H3. The lowest BCUT2D eigenvalue weighted by molar-refractivity contribution is -0.384. The molecule has 7 nitrogen and oxygen atoms in total. The molecule has 4 rings (SSSR count). The van der Waals surface area contributed by atoms with Crippen LogP contribution in [-0.2, 0) is 13.1 Å². The van der Waals surface area contributed by atoms with Crippen molar-refractivity contribution in [1.29, 1.82) is 0 Å². The fraction of sp³-hybridized carbons (Fsp3) is 0.304. The third-order valence-corrected chi connectivity index (χ3v) is 5.59. The second kappa shape index (κ2) is 8.59. The van der Waals surface area contributed by atoms with Crippen LogP contribution in [-0.4, -0.2) is 35.2 Å². The van der Waals surface area contributed by atoms with Gasteiger partial charge in [0, 0.05) is 49.2 Å². The molecule has 2 heterocycles. The number of nitro benzene ring substituents is 1. The molecule has 0 fully saturated rings. The van der Waals surface area contributed by atoms with Crippen LogP contribution in [0.3, 0.4) is 0 Å². The number of fused-ring (bicyclic) bond motifs is 1. The maximum absolute atomic E-state index is 11.2. The molecule has 0 saturated heterocycles. The van der Waals surface area contributed by atoms with Crippen LogP contribution in [0.5, 0.6) is 11.5 Å². The molecule has 0 amide bonds. The van der Waals surface area contributed by atoms with E-state index in [2.05, 4.69) is 27.8 Å². The molecule has 1 aromatic heterocycles. The molecule has 0 spiro atoms. The lowest BCUT2D eigenvalue weighted by Crippen LogP contribution is -2.30. The minimum absolute atomic E-state index is 0.0631. The number of rotatable bonds is 6. The molecule has 1 unspecified atom stereocenters. The third-order valence-electron chi connectivity index (χ3n) is 5.59. The lowest BCUT2D eigenvalue weighted by atomic mass is 9.99. The summed E-state index contributed by atoms with van der Waals surface area (Å²) in [7, 11) is 3.33. The van der Waals surface area contributed by atoms with Crippen LogP contribution in [0.4, 0.5) is 5.69 Å². The molecule has 7 heteroatoms. The summed E-state index contributed by atoms with van der Waals surface area (Å²) in [5, 5.41) is 11.2. The van der Waals surface area contributed by atoms with Crippen molar-refractivity contribution < 1.29 is 14.4 Å². The van der Waals surface area contributed by atoms with Gasteiger partial charge >= 0.3 is 0 Å². The molecule has 0 N–H and O–H groups in total. The number of hydrogen-bond acceptors (Lipinski definition) is 5. The quantitative estimate of drug-likeness (QED) is 0.447. The zero-order chi connectivity index (χ0) is 21.1. The first kappa shape index (κ1) is 20.0. The second-order valence-corrected chi connectivity index (χ2v) is 7.39. The van der Waals surface area contributed by atoms with Crippen LogP contribution in [0.25, 0.3) is 0 Å². The van der Waals surface area contributed by atoms with Gasteiger partial charge in [-0.05, 0) is 42.3 Å². The summed E-state index contributed by atoms with van der Waals surface area (Å²) in [6, 6.07) is 16.8. The van der Waals surface area contributed by atoms with Gasteiger partial charge in [0.2, 0.25) is 0 Å². The number of non-ortho nitro benzene ring substituents is 1. The molecule has 30 heavy (non-hydrogen) atoms. The second-order valence-electron chi connectivity index (χ2n) is 7.39. The van der Waals surface area contributed by atoms with Gasteiger partial charge < -0.3 is 14.0 Å². The van der Waals surface area contributed by atoms with Crippen molar-refractivity contribution in [2.45, 2.75) is 25.6 Å². The minimum atomic E-state index is -0.348. The van der Waals surface area contributed by atoms with Crippen LogP contribution < -0.4 is 9.47 Å². The molecular formula is C23H25N3O4. The first-order valence-electron chi connectivity index (χ1n) is 9.95. The number of aryl methyl sites for hydroxylation is 1. The first-order chi connectivity index (χ1) is 14.6. The van der Waals surface area contributed by atoms with Crippen molar-refractivity contribution in [3.63, 3.8) is 0 Å². The van der Waals surface area contributed by atoms with Gasteiger partial charge in [0.05, 0.1) is 25.2 Å². The van der Waals surface area contributed by atoms with Crippen molar-refractivity contribution in [3.8, 4) is 11.5 Å². The maximum Gasteiger partial charge on any atom is 0.269 e. The van der Waals surface area contributed by atoms with E-state index in [-0.39, 0.29) is 16.7 Å². The van der Waals surface area contributed by atoms with E-state index >= 15 is 0 Å². The number of methoxy groups -OCH3 is 2. The SMILES string of the molecule is COc1ccc(OC)c(C2c3cccn3CCCN2Cc2cccc([N+](=O)[O-])c2)c1. The van der Waals surface area contributed by atoms with E-state index in [1.807, 2.05) is 24.3 Å². The van der Waals surface area contributed by atoms with Gasteiger partial charge in [0.25, 0.3) is 5.69 Å². The van der Waals surface area contributed by atoms with Gasteiger partial charge in [-0.15, -0.1) is 0 Å². The Kier molecular flexibility index (Phi) is 5.72. The maximum atomic E-state index is 11.2. The van der Waals surface area contributed by atoms with Crippen LogP contribution in [0.1, 0.15) is 29.3 Å². The Morgan fingerprint density at radius 1 is 1.07 bits per heavy atom. The Morgan fingerprint density at radius 3 is 2.70 bits per heavy atom. The molecular weight excluding hydrogens is 382 g/mol. The largest absolute Gasteiger partial charge is 0.497 e. The highest BCUT2D eigenvalue weighted by Gasteiger charge is 2.30. The smallest absolute Gasteiger partial charge is 0.269 e. The van der Waals surface area contributed by atoms with Crippen molar-refractivity contribution in [2.24, 2.45) is 0 Å². The third kappa shape index (κ3) is 3.89. The normalized spacial score (nSPS) is 16.5. The van der Waals surface area contributed by atoms with E-state index < -0.39 is 0 Å². The Bertz CT molecular complexity index is 1050. The van der Waals surface area contributed by atoms with Crippen LogP contribution in [0, 0.1) is 10.1 Å². The first-order valence-corrected chi connectivity index (χ1v) is 9.95. The lowest BCUT2D eigenvalue weighted by Gasteiger charge is -2.31. The summed E-state index contributed by atoms with van der Waals surface area (Å²) in [5.74, 6) is 1.56. The zero-order valence-electron chi connectivity index (χ0n) is 17.2. The summed E-state index contributed by atoms with van der Waals surface area (Å²) in [5.41, 5.74) is 3.21. The predicted molar refractivity (Wildman–Crippen MR) is 114 cm³/mol. The molecule has 3 aromatic rings. The van der Waals surface area contributed by atoms with Gasteiger partial charge in [0.15, 0.2) is 0 Å². The summed E-state index contributed by atoms with van der Waals surface area (Å²) < 4.78 is 13.5. The number of benzene rings is 2. The van der Waals surface area contributed by atoms with Gasteiger partial charge in [0.1, 0.15) is 11.5 Å². The van der Waals surface area contributed by atoms with Gasteiger partial charge in [-0.1, -0.05) is 12.1 Å². The average molecular weight is 407 g/mol. The highest BCUT2D eigenvalue weighted by Crippen LogP contribution is 2.39. The number of hydrogen-bond donors (Lipinski definition) is 0. The van der Waals surface area contributed by atoms with Crippen molar-refractivity contribution in [2.75, 3.05) is 20.8 Å². The number of aromatic nitrogens is 1. The summed E-state index contributed by atoms with van der Waals surface area (Å²) >= 11 is 0. The van der Waals surface area contributed by atoms with E-state index in [4.69, 9.17) is 9.47 Å². The Labute approximate surface area is 175 Å². The molecule has 1 aliphatic rings. The van der Waals surface area contributed by atoms with Crippen molar-refractivity contribution >= 4 is 5.69 Å². The summed E-state index contributed by atoms with van der Waals surface area (Å²) in [4.78, 5) is 13.2. The fourth-order valence-electron chi connectivity index (χ4n) is 4.22. The van der Waals surface area contributed by atoms with Gasteiger partial charge in [-0.3, -0.25) is 15.0 Å².